The van der Waals surface area contributed by atoms with E-state index in [9.17, 15) is 14.4 Å². The van der Waals surface area contributed by atoms with E-state index in [4.69, 9.17) is 14.2 Å². The number of unbranched alkanes of at least 4 members (excludes halogenated alkanes) is 48. The molecule has 0 bridgehead atoms. The summed E-state index contributed by atoms with van der Waals surface area (Å²) in [5.74, 6) is -0.843. The van der Waals surface area contributed by atoms with Crippen LogP contribution < -0.4 is 0 Å². The van der Waals surface area contributed by atoms with Crippen molar-refractivity contribution < 1.29 is 28.6 Å². The molecule has 0 fully saturated rings. The molecule has 0 amide bonds. The van der Waals surface area contributed by atoms with Crippen LogP contribution in [0, 0.1) is 0 Å². The predicted octanol–water partition coefficient (Wildman–Crippen LogP) is 23.9. The lowest BCUT2D eigenvalue weighted by Crippen LogP contribution is -2.30. The highest BCUT2D eigenvalue weighted by Gasteiger charge is 2.19. The van der Waals surface area contributed by atoms with Gasteiger partial charge in [0.05, 0.1) is 0 Å². The highest BCUT2D eigenvalue weighted by Crippen LogP contribution is 2.18. The summed E-state index contributed by atoms with van der Waals surface area (Å²) in [4.78, 5) is 38.4. The second kappa shape index (κ2) is 67.1. The maximum Gasteiger partial charge on any atom is 0.306 e. The zero-order chi connectivity index (χ0) is 56.4. The van der Waals surface area contributed by atoms with Crippen LogP contribution in [0.4, 0.5) is 0 Å². The van der Waals surface area contributed by atoms with Crippen molar-refractivity contribution in [3.05, 3.63) is 36.5 Å². The van der Waals surface area contributed by atoms with E-state index in [0.29, 0.717) is 19.3 Å². The molecule has 0 aliphatic carbocycles. The highest BCUT2D eigenvalue weighted by atomic mass is 16.6. The van der Waals surface area contributed by atoms with Gasteiger partial charge in [-0.3, -0.25) is 14.4 Å². The summed E-state index contributed by atoms with van der Waals surface area (Å²) in [7, 11) is 0. The van der Waals surface area contributed by atoms with Crippen molar-refractivity contribution in [1.29, 1.82) is 0 Å². The van der Waals surface area contributed by atoms with Crippen LogP contribution in [0.5, 0.6) is 0 Å². The van der Waals surface area contributed by atoms with Gasteiger partial charge >= 0.3 is 17.9 Å². The molecular weight excluding hydrogens is 961 g/mol. The van der Waals surface area contributed by atoms with Crippen molar-refractivity contribution in [3.8, 4) is 0 Å². The molecular formula is C72H134O6. The number of allylic oxidation sites excluding steroid dienone is 6. The molecule has 78 heavy (non-hydrogen) atoms. The maximum atomic E-state index is 12.9. The minimum atomic E-state index is -0.771. The van der Waals surface area contributed by atoms with E-state index in [0.717, 1.165) is 64.2 Å². The maximum absolute atomic E-state index is 12.9. The van der Waals surface area contributed by atoms with Gasteiger partial charge in [-0.15, -0.1) is 0 Å². The molecule has 0 spiro atoms. The molecule has 0 saturated heterocycles. The van der Waals surface area contributed by atoms with Crippen LogP contribution in [-0.2, 0) is 28.6 Å². The summed E-state index contributed by atoms with van der Waals surface area (Å²) >= 11 is 0. The first-order chi connectivity index (χ1) is 38.5. The summed E-state index contributed by atoms with van der Waals surface area (Å²) in [6.45, 7) is 6.69. The molecule has 0 N–H and O–H groups in total. The van der Waals surface area contributed by atoms with Gasteiger partial charge in [0.15, 0.2) is 6.10 Å². The summed E-state index contributed by atoms with van der Waals surface area (Å²) in [6.07, 6.45) is 83.1. The van der Waals surface area contributed by atoms with Crippen LogP contribution in [0.1, 0.15) is 387 Å². The fourth-order valence-electron chi connectivity index (χ4n) is 10.6. The van der Waals surface area contributed by atoms with Gasteiger partial charge in [0.25, 0.3) is 0 Å². The van der Waals surface area contributed by atoms with Crippen molar-refractivity contribution in [1.82, 2.24) is 0 Å². The Morgan fingerprint density at radius 2 is 0.462 bits per heavy atom. The first kappa shape index (κ1) is 75.6. The van der Waals surface area contributed by atoms with Gasteiger partial charge in [-0.25, -0.2) is 0 Å². The van der Waals surface area contributed by atoms with Crippen LogP contribution in [0.25, 0.3) is 0 Å². The molecule has 0 aliphatic rings. The van der Waals surface area contributed by atoms with Crippen molar-refractivity contribution in [2.45, 2.75) is 393 Å². The molecule has 0 rings (SSSR count). The van der Waals surface area contributed by atoms with Gasteiger partial charge in [0.2, 0.25) is 0 Å². The predicted molar refractivity (Wildman–Crippen MR) is 339 cm³/mol. The third-order valence-corrected chi connectivity index (χ3v) is 15.9. The molecule has 0 aromatic rings. The Balaban J connectivity index is 4.22. The lowest BCUT2D eigenvalue weighted by atomic mass is 10.0. The highest BCUT2D eigenvalue weighted by molar-refractivity contribution is 5.71. The van der Waals surface area contributed by atoms with Gasteiger partial charge in [-0.2, -0.15) is 0 Å². The lowest BCUT2D eigenvalue weighted by Gasteiger charge is -2.18. The fourth-order valence-corrected chi connectivity index (χ4v) is 10.6. The van der Waals surface area contributed by atoms with E-state index in [1.165, 1.54) is 283 Å². The Hall–Kier alpha value is -2.37. The summed E-state index contributed by atoms with van der Waals surface area (Å²) < 4.78 is 17.0. The van der Waals surface area contributed by atoms with E-state index in [1.54, 1.807) is 0 Å². The smallest absolute Gasteiger partial charge is 0.306 e. The van der Waals surface area contributed by atoms with Gasteiger partial charge in [-0.05, 0) is 77.0 Å². The Morgan fingerprint density at radius 1 is 0.256 bits per heavy atom. The average Bonchev–Trinajstić information content (AvgIpc) is 3.44. The Kier molecular flexibility index (Phi) is 65.1. The number of carbonyl (C=O) groups excluding carboxylic acids is 3. The molecule has 458 valence electrons. The Labute approximate surface area is 486 Å². The van der Waals surface area contributed by atoms with Gasteiger partial charge < -0.3 is 14.2 Å². The Bertz CT molecular complexity index is 1300. The SMILES string of the molecule is CCCCCCC/C=C\C/C=C\CCCCCCCCCCCCCC(=O)OC(COC(=O)CCCCCCCCCCCCCC)COC(=O)CCCCCCCCCCCCCCC/C=C\CCCCCCCCCC. The van der Waals surface area contributed by atoms with E-state index in [-0.39, 0.29) is 31.1 Å². The fraction of sp³-hybridized carbons (Fsp3) is 0.875. The van der Waals surface area contributed by atoms with Crippen molar-refractivity contribution in [2.24, 2.45) is 0 Å². The quantitative estimate of drug-likeness (QED) is 0.0261. The normalized spacial score (nSPS) is 12.2. The number of carbonyl (C=O) groups is 3. The minimum Gasteiger partial charge on any atom is -0.462 e. The van der Waals surface area contributed by atoms with Crippen molar-refractivity contribution in [3.63, 3.8) is 0 Å². The molecule has 0 aliphatic heterocycles. The standard InChI is InChI=1S/C72H134O6/c1-4-7-10-13-16-19-22-25-27-29-31-33-35-36-38-39-41-43-45-47-50-53-56-59-62-65-71(74)77-68-69(67-76-70(73)64-61-58-55-52-49-24-21-18-15-12-9-6-3)78-72(75)66-63-60-57-54-51-48-46-44-42-40-37-34-32-30-28-26-23-20-17-14-11-8-5-2/h23,26,29-32,69H,4-22,24-25,27-28,33-68H2,1-3H3/b26-23-,31-29-,32-30-. The van der Waals surface area contributed by atoms with E-state index < -0.39 is 6.10 Å². The van der Waals surface area contributed by atoms with Crippen LogP contribution in [0.3, 0.4) is 0 Å². The monoisotopic (exact) mass is 1100 g/mol. The molecule has 0 radical (unpaired) electrons. The third kappa shape index (κ3) is 64.5. The molecule has 1 atom stereocenters. The molecule has 0 saturated carbocycles. The number of esters is 3. The van der Waals surface area contributed by atoms with Crippen molar-refractivity contribution in [2.75, 3.05) is 13.2 Å². The van der Waals surface area contributed by atoms with E-state index >= 15 is 0 Å². The zero-order valence-corrected chi connectivity index (χ0v) is 52.7. The first-order valence-corrected chi connectivity index (χ1v) is 35.0. The average molecular weight is 1100 g/mol. The van der Waals surface area contributed by atoms with E-state index in [1.807, 2.05) is 0 Å². The summed E-state index contributed by atoms with van der Waals surface area (Å²) in [5.41, 5.74) is 0. The molecule has 6 nitrogen and oxygen atoms in total. The van der Waals surface area contributed by atoms with Gasteiger partial charge in [0.1, 0.15) is 13.2 Å². The van der Waals surface area contributed by atoms with Crippen LogP contribution in [0.2, 0.25) is 0 Å². The topological polar surface area (TPSA) is 78.9 Å². The minimum absolute atomic E-state index is 0.0678. The van der Waals surface area contributed by atoms with Crippen LogP contribution in [-0.4, -0.2) is 37.2 Å². The van der Waals surface area contributed by atoms with Crippen LogP contribution >= 0.6 is 0 Å². The van der Waals surface area contributed by atoms with Gasteiger partial charge in [-0.1, -0.05) is 327 Å². The van der Waals surface area contributed by atoms with Crippen LogP contribution in [0.15, 0.2) is 36.5 Å². The summed E-state index contributed by atoms with van der Waals surface area (Å²) in [6, 6.07) is 0. The zero-order valence-electron chi connectivity index (χ0n) is 52.7. The second-order valence-corrected chi connectivity index (χ2v) is 23.8. The largest absolute Gasteiger partial charge is 0.462 e. The third-order valence-electron chi connectivity index (χ3n) is 15.9. The second-order valence-electron chi connectivity index (χ2n) is 23.8. The first-order valence-electron chi connectivity index (χ1n) is 35.0. The Morgan fingerprint density at radius 3 is 0.718 bits per heavy atom. The number of hydrogen-bond donors (Lipinski definition) is 0. The summed E-state index contributed by atoms with van der Waals surface area (Å²) in [5, 5.41) is 0. The van der Waals surface area contributed by atoms with Gasteiger partial charge in [0, 0.05) is 19.3 Å². The molecule has 0 aromatic heterocycles. The number of ether oxygens (including phenoxy) is 3. The molecule has 6 heteroatoms. The van der Waals surface area contributed by atoms with E-state index in [2.05, 4.69) is 57.2 Å². The number of rotatable bonds is 65. The van der Waals surface area contributed by atoms with Crippen molar-refractivity contribution >= 4 is 17.9 Å². The molecule has 1 unspecified atom stereocenters. The molecule has 0 aromatic carbocycles. The lowest BCUT2D eigenvalue weighted by molar-refractivity contribution is -0.167. The molecule has 0 heterocycles. The number of hydrogen-bond acceptors (Lipinski definition) is 6.